The second-order valence-corrected chi connectivity index (χ2v) is 4.18. The van der Waals surface area contributed by atoms with E-state index in [2.05, 4.69) is 14.8 Å². The Bertz CT molecular complexity index is 482. The van der Waals surface area contributed by atoms with Gasteiger partial charge in [0.25, 0.3) is 0 Å². The van der Waals surface area contributed by atoms with Crippen molar-refractivity contribution in [2.75, 3.05) is 20.8 Å². The summed E-state index contributed by atoms with van der Waals surface area (Å²) in [6, 6.07) is 9.66. The molecule has 0 radical (unpaired) electrons. The Morgan fingerprint density at radius 1 is 1.20 bits per heavy atom. The number of carbonyl (C=O) groups excluding carboxylic acids is 2. The summed E-state index contributed by atoms with van der Waals surface area (Å²) in [5.74, 6) is -0.943. The van der Waals surface area contributed by atoms with Crippen molar-refractivity contribution in [3.05, 3.63) is 47.7 Å². The molecule has 0 aliphatic rings. The second kappa shape index (κ2) is 7.99. The quantitative estimate of drug-likeness (QED) is 0.632. The fourth-order valence-electron chi connectivity index (χ4n) is 1.68. The third-order valence-electron chi connectivity index (χ3n) is 2.91. The van der Waals surface area contributed by atoms with Crippen LogP contribution in [0.5, 0.6) is 0 Å². The highest BCUT2D eigenvalue weighted by Crippen LogP contribution is 2.21. The Morgan fingerprint density at radius 3 is 2.40 bits per heavy atom. The molecule has 1 rings (SSSR count). The standard InChI is InChI=1S/C15H19NO4/c1-11(12-7-5-4-6-8-12)13(9-14(17)19-2)16-10-15(18)20-3/h4-9,11,16H,10H2,1-3H3. The summed E-state index contributed by atoms with van der Waals surface area (Å²) in [7, 11) is 2.62. The van der Waals surface area contributed by atoms with Crippen LogP contribution in [0, 0.1) is 0 Å². The average molecular weight is 277 g/mol. The fourth-order valence-corrected chi connectivity index (χ4v) is 1.68. The summed E-state index contributed by atoms with van der Waals surface area (Å²) in [5, 5.41) is 2.92. The molecule has 0 saturated heterocycles. The van der Waals surface area contributed by atoms with Gasteiger partial charge in [0, 0.05) is 17.7 Å². The Labute approximate surface area is 118 Å². The molecular formula is C15H19NO4. The fraction of sp³-hybridized carbons (Fsp3) is 0.333. The van der Waals surface area contributed by atoms with E-state index in [9.17, 15) is 9.59 Å². The van der Waals surface area contributed by atoms with Gasteiger partial charge in [-0.1, -0.05) is 37.3 Å². The zero-order chi connectivity index (χ0) is 15.0. The van der Waals surface area contributed by atoms with Crippen molar-refractivity contribution in [3.63, 3.8) is 0 Å². The summed E-state index contributed by atoms with van der Waals surface area (Å²) in [6.07, 6.45) is 1.35. The topological polar surface area (TPSA) is 64.6 Å². The first-order valence-electron chi connectivity index (χ1n) is 6.23. The molecule has 20 heavy (non-hydrogen) atoms. The second-order valence-electron chi connectivity index (χ2n) is 4.18. The lowest BCUT2D eigenvalue weighted by molar-refractivity contribution is -0.139. The van der Waals surface area contributed by atoms with Crippen LogP contribution in [0.25, 0.3) is 0 Å². The summed E-state index contributed by atoms with van der Waals surface area (Å²) < 4.78 is 9.20. The monoisotopic (exact) mass is 277 g/mol. The van der Waals surface area contributed by atoms with Gasteiger partial charge in [-0.05, 0) is 5.56 Å². The number of ether oxygens (including phenoxy) is 2. The molecule has 1 aromatic carbocycles. The number of allylic oxidation sites excluding steroid dienone is 1. The van der Waals surface area contributed by atoms with Crippen LogP contribution in [0.15, 0.2) is 42.1 Å². The molecule has 0 bridgehead atoms. The predicted octanol–water partition coefficient (Wildman–Crippen LogP) is 1.61. The van der Waals surface area contributed by atoms with Crippen molar-refractivity contribution in [2.45, 2.75) is 12.8 Å². The molecule has 0 aliphatic carbocycles. The molecule has 1 aromatic rings. The zero-order valence-corrected chi connectivity index (χ0v) is 11.9. The lowest BCUT2D eigenvalue weighted by atomic mass is 9.97. The van der Waals surface area contributed by atoms with E-state index in [4.69, 9.17) is 0 Å². The van der Waals surface area contributed by atoms with Crippen molar-refractivity contribution < 1.29 is 19.1 Å². The number of hydrogen-bond acceptors (Lipinski definition) is 5. The third kappa shape index (κ3) is 4.76. The molecule has 0 aliphatic heterocycles. The Balaban J connectivity index is 2.89. The van der Waals surface area contributed by atoms with E-state index < -0.39 is 11.9 Å². The normalized spacial score (nSPS) is 12.4. The van der Waals surface area contributed by atoms with Crippen molar-refractivity contribution in [2.24, 2.45) is 0 Å². The summed E-state index contributed by atoms with van der Waals surface area (Å²) in [6.45, 7) is 1.94. The van der Waals surface area contributed by atoms with Crippen molar-refractivity contribution in [1.82, 2.24) is 5.32 Å². The molecule has 1 unspecified atom stereocenters. The minimum absolute atomic E-state index is 0.00347. The Morgan fingerprint density at radius 2 is 1.85 bits per heavy atom. The lowest BCUT2D eigenvalue weighted by Crippen LogP contribution is -2.26. The van der Waals surface area contributed by atoms with Crippen LogP contribution < -0.4 is 5.32 Å². The number of carbonyl (C=O) groups is 2. The van der Waals surface area contributed by atoms with Gasteiger partial charge in [0.2, 0.25) is 0 Å². The van der Waals surface area contributed by atoms with Crippen molar-refractivity contribution in [3.8, 4) is 0 Å². The number of hydrogen-bond donors (Lipinski definition) is 1. The van der Waals surface area contributed by atoms with E-state index >= 15 is 0 Å². The van der Waals surface area contributed by atoms with Crippen LogP contribution in [-0.2, 0) is 19.1 Å². The van der Waals surface area contributed by atoms with Crippen LogP contribution in [0.4, 0.5) is 0 Å². The van der Waals surface area contributed by atoms with Crippen LogP contribution in [0.2, 0.25) is 0 Å². The van der Waals surface area contributed by atoms with E-state index in [1.54, 1.807) is 0 Å². The summed E-state index contributed by atoms with van der Waals surface area (Å²) >= 11 is 0. The van der Waals surface area contributed by atoms with Gasteiger partial charge in [-0.2, -0.15) is 0 Å². The maximum atomic E-state index is 11.4. The van der Waals surface area contributed by atoms with Crippen LogP contribution in [0.3, 0.4) is 0 Å². The van der Waals surface area contributed by atoms with Crippen molar-refractivity contribution >= 4 is 11.9 Å². The van der Waals surface area contributed by atoms with Crippen molar-refractivity contribution in [1.29, 1.82) is 0 Å². The lowest BCUT2D eigenvalue weighted by Gasteiger charge is -2.17. The molecule has 0 aromatic heterocycles. The number of rotatable bonds is 6. The first-order chi connectivity index (χ1) is 9.58. The minimum atomic E-state index is -0.472. The molecule has 0 fully saturated rings. The predicted molar refractivity (Wildman–Crippen MR) is 75.0 cm³/mol. The minimum Gasteiger partial charge on any atom is -0.468 e. The molecule has 0 spiro atoms. The smallest absolute Gasteiger partial charge is 0.332 e. The molecule has 108 valence electrons. The number of nitrogens with one attached hydrogen (secondary N) is 1. The molecule has 5 heteroatoms. The largest absolute Gasteiger partial charge is 0.468 e. The van der Waals surface area contributed by atoms with E-state index in [1.807, 2.05) is 37.3 Å². The van der Waals surface area contributed by atoms with E-state index in [1.165, 1.54) is 20.3 Å². The SMILES string of the molecule is COC(=O)C=C(NCC(=O)OC)C(C)c1ccccc1. The number of esters is 2. The molecule has 0 saturated carbocycles. The van der Waals surface area contributed by atoms with Gasteiger partial charge in [0.05, 0.1) is 14.2 Å². The van der Waals surface area contributed by atoms with E-state index in [0.717, 1.165) is 5.56 Å². The molecule has 5 nitrogen and oxygen atoms in total. The van der Waals surface area contributed by atoms with Crippen LogP contribution in [0.1, 0.15) is 18.4 Å². The Hall–Kier alpha value is -2.30. The van der Waals surface area contributed by atoms with Gasteiger partial charge in [-0.3, -0.25) is 4.79 Å². The van der Waals surface area contributed by atoms with Gasteiger partial charge in [0.15, 0.2) is 0 Å². The third-order valence-corrected chi connectivity index (χ3v) is 2.91. The van der Waals surface area contributed by atoms with Gasteiger partial charge in [0.1, 0.15) is 6.54 Å². The highest BCUT2D eigenvalue weighted by Gasteiger charge is 2.14. The molecule has 1 atom stereocenters. The Kier molecular flexibility index (Phi) is 6.29. The van der Waals surface area contributed by atoms with Gasteiger partial charge in [-0.25, -0.2) is 4.79 Å². The summed E-state index contributed by atoms with van der Waals surface area (Å²) in [4.78, 5) is 22.6. The molecule has 0 amide bonds. The summed E-state index contributed by atoms with van der Waals surface area (Å²) in [5.41, 5.74) is 1.63. The first-order valence-corrected chi connectivity index (χ1v) is 6.23. The average Bonchev–Trinajstić information content (AvgIpc) is 2.50. The maximum absolute atomic E-state index is 11.4. The van der Waals surface area contributed by atoms with Gasteiger partial charge < -0.3 is 14.8 Å². The highest BCUT2D eigenvalue weighted by atomic mass is 16.5. The number of benzene rings is 1. The van der Waals surface area contributed by atoms with E-state index in [-0.39, 0.29) is 12.5 Å². The highest BCUT2D eigenvalue weighted by molar-refractivity contribution is 5.83. The molecule has 1 N–H and O–H groups in total. The van der Waals surface area contributed by atoms with Crippen LogP contribution >= 0.6 is 0 Å². The van der Waals surface area contributed by atoms with Gasteiger partial charge >= 0.3 is 11.9 Å². The maximum Gasteiger partial charge on any atom is 0.332 e. The molecular weight excluding hydrogens is 258 g/mol. The van der Waals surface area contributed by atoms with Gasteiger partial charge in [-0.15, -0.1) is 0 Å². The zero-order valence-electron chi connectivity index (χ0n) is 11.9. The first kappa shape index (κ1) is 15.8. The van der Waals surface area contributed by atoms with E-state index in [0.29, 0.717) is 5.70 Å². The molecule has 0 heterocycles. The number of methoxy groups -OCH3 is 2. The van der Waals surface area contributed by atoms with Crippen LogP contribution in [-0.4, -0.2) is 32.7 Å².